The predicted octanol–water partition coefficient (Wildman–Crippen LogP) is -0.0732. The van der Waals surface area contributed by atoms with Crippen LogP contribution in [0.5, 0.6) is 0 Å². The molecule has 3 rings (SSSR count). The largest absolute Gasteiger partial charge is 0.394 e. The third-order valence-corrected chi connectivity index (χ3v) is 2.95. The second-order valence-corrected chi connectivity index (χ2v) is 4.03. The Labute approximate surface area is 98.4 Å². The first kappa shape index (κ1) is 10.5. The third-order valence-electron chi connectivity index (χ3n) is 2.95. The van der Waals surface area contributed by atoms with Gasteiger partial charge in [0.25, 0.3) is 0 Å². The van der Waals surface area contributed by atoms with E-state index in [-0.39, 0.29) is 12.7 Å². The number of hydrogen-bond donors (Lipinski definition) is 1. The first-order valence-corrected chi connectivity index (χ1v) is 5.64. The van der Waals surface area contributed by atoms with Crippen LogP contribution in [0.4, 0.5) is 5.82 Å². The lowest BCUT2D eigenvalue weighted by atomic mass is 10.2. The molecule has 6 heteroatoms. The molecule has 90 valence electrons. The SMILES string of the molecule is OCC1CN(c2nccn3nccc23)CCO1. The van der Waals surface area contributed by atoms with Crippen molar-refractivity contribution in [1.82, 2.24) is 14.6 Å². The van der Waals surface area contributed by atoms with E-state index in [4.69, 9.17) is 9.84 Å². The highest BCUT2D eigenvalue weighted by atomic mass is 16.5. The predicted molar refractivity (Wildman–Crippen MR) is 62.0 cm³/mol. The summed E-state index contributed by atoms with van der Waals surface area (Å²) in [5, 5.41) is 13.3. The molecule has 0 radical (unpaired) electrons. The maximum atomic E-state index is 9.14. The fourth-order valence-corrected chi connectivity index (χ4v) is 2.11. The van der Waals surface area contributed by atoms with Crippen molar-refractivity contribution in [2.75, 3.05) is 31.2 Å². The van der Waals surface area contributed by atoms with Crippen LogP contribution in [0.3, 0.4) is 0 Å². The summed E-state index contributed by atoms with van der Waals surface area (Å²) in [6, 6.07) is 1.94. The minimum Gasteiger partial charge on any atom is -0.394 e. The second kappa shape index (κ2) is 4.31. The summed E-state index contributed by atoms with van der Waals surface area (Å²) < 4.78 is 7.23. The molecule has 1 unspecified atom stereocenters. The molecule has 1 aliphatic heterocycles. The van der Waals surface area contributed by atoms with Gasteiger partial charge in [-0.25, -0.2) is 9.50 Å². The zero-order valence-electron chi connectivity index (χ0n) is 9.36. The molecule has 2 aromatic rings. The highest BCUT2D eigenvalue weighted by Gasteiger charge is 2.22. The van der Waals surface area contributed by atoms with Crippen LogP contribution in [0, 0.1) is 0 Å². The van der Waals surface area contributed by atoms with Gasteiger partial charge in [0.2, 0.25) is 0 Å². The van der Waals surface area contributed by atoms with Crippen LogP contribution in [0.1, 0.15) is 0 Å². The van der Waals surface area contributed by atoms with Crippen LogP contribution in [0.2, 0.25) is 0 Å². The summed E-state index contributed by atoms with van der Waals surface area (Å²) in [7, 11) is 0. The molecule has 0 amide bonds. The van der Waals surface area contributed by atoms with Gasteiger partial charge in [-0.3, -0.25) is 0 Å². The van der Waals surface area contributed by atoms with Crippen molar-refractivity contribution in [2.45, 2.75) is 6.10 Å². The molecule has 3 heterocycles. The standard InChI is InChI=1S/C11H14N4O2/c16-8-9-7-14(5-6-17-9)11-10-1-2-13-15(10)4-3-12-11/h1-4,9,16H,5-8H2. The average molecular weight is 234 g/mol. The molecule has 1 fully saturated rings. The van der Waals surface area contributed by atoms with E-state index in [1.54, 1.807) is 16.9 Å². The number of ether oxygens (including phenoxy) is 1. The highest BCUT2D eigenvalue weighted by Crippen LogP contribution is 2.20. The van der Waals surface area contributed by atoms with Gasteiger partial charge in [-0.1, -0.05) is 0 Å². The van der Waals surface area contributed by atoms with Gasteiger partial charge in [-0.2, -0.15) is 5.10 Å². The number of aliphatic hydroxyl groups excluding tert-OH is 1. The quantitative estimate of drug-likeness (QED) is 0.788. The molecule has 1 saturated heterocycles. The van der Waals surface area contributed by atoms with Crippen LogP contribution in [-0.4, -0.2) is 52.1 Å². The lowest BCUT2D eigenvalue weighted by Gasteiger charge is -2.33. The Morgan fingerprint density at radius 3 is 3.29 bits per heavy atom. The van der Waals surface area contributed by atoms with Gasteiger partial charge in [-0.05, 0) is 6.07 Å². The van der Waals surface area contributed by atoms with Crippen LogP contribution in [-0.2, 0) is 4.74 Å². The maximum Gasteiger partial charge on any atom is 0.154 e. The van der Waals surface area contributed by atoms with Crippen molar-refractivity contribution >= 4 is 11.3 Å². The highest BCUT2D eigenvalue weighted by molar-refractivity contribution is 5.68. The molecular weight excluding hydrogens is 220 g/mol. The molecule has 1 aliphatic rings. The number of rotatable bonds is 2. The molecule has 0 aliphatic carbocycles. The number of aliphatic hydroxyl groups is 1. The summed E-state index contributed by atoms with van der Waals surface area (Å²) in [6.45, 7) is 2.10. The second-order valence-electron chi connectivity index (χ2n) is 4.03. The number of fused-ring (bicyclic) bond motifs is 1. The van der Waals surface area contributed by atoms with Crippen molar-refractivity contribution in [2.24, 2.45) is 0 Å². The zero-order chi connectivity index (χ0) is 11.7. The number of morpholine rings is 1. The Morgan fingerprint density at radius 2 is 2.41 bits per heavy atom. The topological polar surface area (TPSA) is 62.9 Å². The van der Waals surface area contributed by atoms with Crippen LogP contribution < -0.4 is 4.90 Å². The van der Waals surface area contributed by atoms with Crippen molar-refractivity contribution in [3.8, 4) is 0 Å². The molecule has 0 spiro atoms. The fraction of sp³-hybridized carbons (Fsp3) is 0.455. The summed E-state index contributed by atoms with van der Waals surface area (Å²) >= 11 is 0. The van der Waals surface area contributed by atoms with Gasteiger partial charge < -0.3 is 14.7 Å². The average Bonchev–Trinajstić information content (AvgIpc) is 2.87. The molecule has 0 bridgehead atoms. The molecular formula is C11H14N4O2. The van der Waals surface area contributed by atoms with Gasteiger partial charge in [0.05, 0.1) is 25.5 Å². The Hall–Kier alpha value is -1.66. The Kier molecular flexibility index (Phi) is 2.66. The van der Waals surface area contributed by atoms with E-state index in [0.717, 1.165) is 17.9 Å². The van der Waals surface area contributed by atoms with Crippen LogP contribution in [0.15, 0.2) is 24.7 Å². The fourth-order valence-electron chi connectivity index (χ4n) is 2.11. The molecule has 0 saturated carbocycles. The molecule has 0 aromatic carbocycles. The van der Waals surface area contributed by atoms with E-state index >= 15 is 0 Å². The Morgan fingerprint density at radius 1 is 1.47 bits per heavy atom. The van der Waals surface area contributed by atoms with Crippen molar-refractivity contribution in [1.29, 1.82) is 0 Å². The zero-order valence-corrected chi connectivity index (χ0v) is 9.36. The van der Waals surface area contributed by atoms with Gasteiger partial charge in [-0.15, -0.1) is 0 Å². The van der Waals surface area contributed by atoms with E-state index in [9.17, 15) is 0 Å². The van der Waals surface area contributed by atoms with Gasteiger partial charge in [0, 0.05) is 25.5 Å². The third kappa shape index (κ3) is 1.85. The van der Waals surface area contributed by atoms with Crippen molar-refractivity contribution in [3.63, 3.8) is 0 Å². The van der Waals surface area contributed by atoms with E-state index in [1.807, 2.05) is 12.3 Å². The number of aromatic nitrogens is 3. The summed E-state index contributed by atoms with van der Waals surface area (Å²) in [6.07, 6.45) is 5.18. The minimum atomic E-state index is -0.131. The first-order chi connectivity index (χ1) is 8.38. The van der Waals surface area contributed by atoms with Crippen molar-refractivity contribution in [3.05, 3.63) is 24.7 Å². The summed E-state index contributed by atoms with van der Waals surface area (Å²) in [5.74, 6) is 0.895. The number of hydrogen-bond acceptors (Lipinski definition) is 5. The Bertz CT molecular complexity index is 513. The van der Waals surface area contributed by atoms with E-state index in [0.29, 0.717) is 13.2 Å². The van der Waals surface area contributed by atoms with E-state index in [1.165, 1.54) is 0 Å². The van der Waals surface area contributed by atoms with E-state index in [2.05, 4.69) is 15.0 Å². The molecule has 17 heavy (non-hydrogen) atoms. The monoisotopic (exact) mass is 234 g/mol. The van der Waals surface area contributed by atoms with Crippen LogP contribution >= 0.6 is 0 Å². The molecule has 1 N–H and O–H groups in total. The lowest BCUT2D eigenvalue weighted by molar-refractivity contribution is 0.00342. The van der Waals surface area contributed by atoms with Crippen molar-refractivity contribution < 1.29 is 9.84 Å². The summed E-state index contributed by atoms with van der Waals surface area (Å²) in [4.78, 5) is 6.53. The van der Waals surface area contributed by atoms with Gasteiger partial charge >= 0.3 is 0 Å². The summed E-state index contributed by atoms with van der Waals surface area (Å²) in [5.41, 5.74) is 0.978. The molecule has 2 aromatic heterocycles. The maximum absolute atomic E-state index is 9.14. The normalized spacial score (nSPS) is 21.0. The first-order valence-electron chi connectivity index (χ1n) is 5.64. The molecule has 6 nitrogen and oxygen atoms in total. The smallest absolute Gasteiger partial charge is 0.154 e. The van der Waals surface area contributed by atoms with Crippen LogP contribution in [0.25, 0.3) is 5.52 Å². The lowest BCUT2D eigenvalue weighted by Crippen LogP contribution is -2.44. The number of anilines is 1. The number of nitrogens with zero attached hydrogens (tertiary/aromatic N) is 4. The van der Waals surface area contributed by atoms with Gasteiger partial charge in [0.1, 0.15) is 5.52 Å². The van der Waals surface area contributed by atoms with Gasteiger partial charge in [0.15, 0.2) is 5.82 Å². The minimum absolute atomic E-state index is 0.0406. The molecule has 1 atom stereocenters. The Balaban J connectivity index is 1.94. The van der Waals surface area contributed by atoms with E-state index < -0.39 is 0 Å².